The number of carbonyl (C=O) groups is 4. The molecule has 0 saturated carbocycles. The van der Waals surface area contributed by atoms with E-state index >= 15 is 0 Å². The quantitative estimate of drug-likeness (QED) is 0.0569. The van der Waals surface area contributed by atoms with Crippen molar-refractivity contribution >= 4 is 57.6 Å². The van der Waals surface area contributed by atoms with Crippen molar-refractivity contribution in [2.45, 2.75) is 42.3 Å². The van der Waals surface area contributed by atoms with Crippen molar-refractivity contribution in [2.75, 3.05) is 31.1 Å². The number of carbonyl (C=O) groups excluding carboxylic acids is 3. The van der Waals surface area contributed by atoms with Crippen LogP contribution in [0.25, 0.3) is 0 Å². The van der Waals surface area contributed by atoms with E-state index in [0.717, 1.165) is 54.0 Å². The number of fused-ring (bicyclic) bond motifs is 1. The Morgan fingerprint density at radius 1 is 0.964 bits per heavy atom. The molecule has 0 bridgehead atoms. The smallest absolute Gasteiger partial charge is 0.352 e. The molecule has 286 valence electrons. The van der Waals surface area contributed by atoms with Gasteiger partial charge in [0.15, 0.2) is 10.8 Å². The molecule has 3 amide bonds. The summed E-state index contributed by atoms with van der Waals surface area (Å²) in [5.74, 6) is -2.49. The van der Waals surface area contributed by atoms with Crippen LogP contribution in [0, 0.1) is 0 Å². The maximum atomic E-state index is 14.2. The summed E-state index contributed by atoms with van der Waals surface area (Å²) >= 11 is 2.44. The summed E-state index contributed by atoms with van der Waals surface area (Å²) < 4.78 is 0. The molecule has 4 aliphatic rings. The number of hydrogen-bond acceptors (Lipinski definition) is 11. The van der Waals surface area contributed by atoms with Gasteiger partial charge in [0.25, 0.3) is 11.8 Å². The van der Waals surface area contributed by atoms with E-state index in [2.05, 4.69) is 20.8 Å². The average Bonchev–Trinajstić information content (AvgIpc) is 3.83. The van der Waals surface area contributed by atoms with Crippen LogP contribution >= 0.6 is 23.1 Å². The summed E-state index contributed by atoms with van der Waals surface area (Å²) in [7, 11) is 0. The fourth-order valence-corrected chi connectivity index (χ4v) is 9.65. The van der Waals surface area contributed by atoms with E-state index in [9.17, 15) is 24.3 Å². The molecule has 56 heavy (non-hydrogen) atoms. The molecule has 2 atom stereocenters. The normalized spacial score (nSPS) is 21.2. The lowest BCUT2D eigenvalue weighted by Crippen LogP contribution is -2.71. The van der Waals surface area contributed by atoms with Gasteiger partial charge in [0.05, 0.1) is 0 Å². The fourth-order valence-electron chi connectivity index (χ4n) is 7.80. The first-order chi connectivity index (χ1) is 27.3. The van der Waals surface area contributed by atoms with E-state index in [1.165, 1.54) is 16.7 Å². The van der Waals surface area contributed by atoms with Gasteiger partial charge in [0.2, 0.25) is 11.5 Å². The number of β-lactam (4-membered cyclic amide) rings is 1. The van der Waals surface area contributed by atoms with E-state index in [4.69, 9.17) is 10.6 Å². The summed E-state index contributed by atoms with van der Waals surface area (Å²) in [6.45, 7) is 2.28. The fraction of sp³-hybridized carbons (Fsp3) is 0.268. The number of piperidine rings is 1. The topological polar surface area (TPSA) is 180 Å². The van der Waals surface area contributed by atoms with Crippen LogP contribution in [0.15, 0.2) is 124 Å². The first-order valence-corrected chi connectivity index (χ1v) is 20.3. The van der Waals surface area contributed by atoms with Gasteiger partial charge in [-0.2, -0.15) is 0 Å². The third-order valence-corrected chi connectivity index (χ3v) is 12.5. The highest BCUT2D eigenvalue weighted by Crippen LogP contribution is 2.43. The van der Waals surface area contributed by atoms with Gasteiger partial charge in [0, 0.05) is 46.0 Å². The van der Waals surface area contributed by atoms with E-state index in [-0.39, 0.29) is 39.9 Å². The molecule has 5 N–H and O–H groups in total. The number of aromatic nitrogens is 1. The van der Waals surface area contributed by atoms with E-state index < -0.39 is 34.8 Å². The van der Waals surface area contributed by atoms with Gasteiger partial charge in [-0.3, -0.25) is 19.3 Å². The number of nitrogens with two attached hydrogens (primary N) is 1. The SMILES string of the molecule is Nc1nc(/C(=N/OC(c2ccccc2)(c2ccccc2)c2ccccc2)C(=O)N[C@@H]2C(=O)N3C(C(=O)O)=C(/C=C4\CCN(C5CCNCC5)C4=O)CS[C@H]23)cs1. The summed E-state index contributed by atoms with van der Waals surface area (Å²) in [5.41, 5.74) is 7.62. The Bertz CT molecular complexity index is 2140. The number of thiazole rings is 1. The molecule has 3 saturated heterocycles. The predicted octanol–water partition coefficient (Wildman–Crippen LogP) is 4.09. The lowest BCUT2D eigenvalue weighted by atomic mass is 9.80. The molecule has 0 aliphatic carbocycles. The highest BCUT2D eigenvalue weighted by Gasteiger charge is 2.54. The van der Waals surface area contributed by atoms with Crippen LogP contribution in [-0.4, -0.2) is 92.1 Å². The molecular weight excluding hydrogens is 751 g/mol. The van der Waals surface area contributed by atoms with Crippen molar-refractivity contribution < 1.29 is 29.1 Å². The Hall–Kier alpha value is -5.77. The first-order valence-electron chi connectivity index (χ1n) is 18.3. The maximum absolute atomic E-state index is 14.2. The van der Waals surface area contributed by atoms with Gasteiger partial charge >= 0.3 is 5.97 Å². The van der Waals surface area contributed by atoms with Gasteiger partial charge in [-0.1, -0.05) is 96.2 Å². The second-order valence-corrected chi connectivity index (χ2v) is 15.8. The van der Waals surface area contributed by atoms with Gasteiger partial charge in [0.1, 0.15) is 22.8 Å². The zero-order chi connectivity index (χ0) is 38.8. The summed E-state index contributed by atoms with van der Waals surface area (Å²) in [5, 5.41) is 22.1. The molecule has 1 aromatic heterocycles. The van der Waals surface area contributed by atoms with Crippen LogP contribution < -0.4 is 16.4 Å². The zero-order valence-electron chi connectivity index (χ0n) is 30.2. The van der Waals surface area contributed by atoms with Crippen LogP contribution in [0.5, 0.6) is 0 Å². The monoisotopic (exact) mass is 789 g/mol. The van der Waals surface area contributed by atoms with Crippen molar-refractivity contribution in [3.63, 3.8) is 0 Å². The highest BCUT2D eigenvalue weighted by atomic mass is 32.2. The third kappa shape index (κ3) is 6.86. The number of oxime groups is 1. The number of benzene rings is 3. The third-order valence-electron chi connectivity index (χ3n) is 10.5. The molecule has 13 nitrogen and oxygen atoms in total. The molecule has 4 aliphatic heterocycles. The minimum absolute atomic E-state index is 0.0890. The van der Waals surface area contributed by atoms with Crippen LogP contribution in [0.3, 0.4) is 0 Å². The Labute approximate surface area is 331 Å². The molecular formula is C41H39N7O6S2. The number of anilines is 1. The Morgan fingerprint density at radius 2 is 1.57 bits per heavy atom. The number of allylic oxidation sites excluding steroid dienone is 1. The molecule has 0 spiro atoms. The number of likely N-dealkylation sites (tertiary alicyclic amines) is 1. The van der Waals surface area contributed by atoms with E-state index in [0.29, 0.717) is 24.1 Å². The molecule has 0 unspecified atom stereocenters. The van der Waals surface area contributed by atoms with Crippen molar-refractivity contribution in [2.24, 2.45) is 5.16 Å². The number of rotatable bonds is 11. The van der Waals surface area contributed by atoms with Crippen molar-refractivity contribution in [3.8, 4) is 0 Å². The zero-order valence-corrected chi connectivity index (χ0v) is 31.8. The molecule has 3 fully saturated rings. The summed E-state index contributed by atoms with van der Waals surface area (Å²) in [4.78, 5) is 68.1. The number of carboxylic acids is 1. The maximum Gasteiger partial charge on any atom is 0.352 e. The number of nitrogens with zero attached hydrogens (tertiary/aromatic N) is 4. The standard InChI is InChI=1S/C41H39N7O6S2/c42-40-44-31(24-56-40)32(46-54-41(27-10-4-1-5-11-27,28-12-6-2-7-13-28)29-14-8-3-9-15-29)35(49)45-33-37(51)48-34(39(52)53)26(23-55-38(33)48)22-25-18-21-47(36(25)50)30-16-19-43-20-17-30/h1-15,22,24,30,33,38,43H,16-21,23H2,(H2,42,44)(H,45,49)(H,52,53)/b25-22+,46-32-/t33-,38-/m1/s1. The first kappa shape index (κ1) is 37.2. The second-order valence-electron chi connectivity index (χ2n) is 13.8. The molecule has 0 radical (unpaired) electrons. The van der Waals surface area contributed by atoms with Crippen molar-refractivity contribution in [1.29, 1.82) is 0 Å². The number of thioether (sulfide) groups is 1. The van der Waals surface area contributed by atoms with Gasteiger partial charge in [-0.15, -0.1) is 23.1 Å². The van der Waals surface area contributed by atoms with Crippen molar-refractivity contribution in [1.82, 2.24) is 25.4 Å². The lowest BCUT2D eigenvalue weighted by Gasteiger charge is -2.49. The molecule has 8 rings (SSSR count). The van der Waals surface area contributed by atoms with E-state index in [1.807, 2.05) is 95.9 Å². The number of amides is 3. The summed E-state index contributed by atoms with van der Waals surface area (Å²) in [6.07, 6.45) is 3.89. The lowest BCUT2D eigenvalue weighted by molar-refractivity contribution is -0.150. The second kappa shape index (κ2) is 15.8. The van der Waals surface area contributed by atoms with Crippen LogP contribution in [-0.2, 0) is 29.6 Å². The molecule has 15 heteroatoms. The molecule has 3 aromatic carbocycles. The minimum atomic E-state index is -1.31. The number of nitrogens with one attached hydrogen (secondary N) is 2. The van der Waals surface area contributed by atoms with Crippen molar-refractivity contribution in [3.05, 3.63) is 142 Å². The van der Waals surface area contributed by atoms with Crippen LogP contribution in [0.4, 0.5) is 5.13 Å². The Morgan fingerprint density at radius 3 is 2.12 bits per heavy atom. The van der Waals surface area contributed by atoms with Crippen LogP contribution in [0.1, 0.15) is 41.6 Å². The Balaban J connectivity index is 1.09. The number of nitrogen functional groups attached to an aromatic ring is 1. The highest BCUT2D eigenvalue weighted by molar-refractivity contribution is 8.00. The molecule has 5 heterocycles. The van der Waals surface area contributed by atoms with Gasteiger partial charge < -0.3 is 31.2 Å². The van der Waals surface area contributed by atoms with Gasteiger partial charge in [-0.05, 0) is 44.0 Å². The average molecular weight is 790 g/mol. The minimum Gasteiger partial charge on any atom is -0.477 e. The summed E-state index contributed by atoms with van der Waals surface area (Å²) in [6, 6.07) is 27.7. The van der Waals surface area contributed by atoms with Gasteiger partial charge in [-0.25, -0.2) is 9.78 Å². The predicted molar refractivity (Wildman–Crippen MR) is 213 cm³/mol. The number of aliphatic carboxylic acids is 1. The Kier molecular flexibility index (Phi) is 10.5. The number of carboxylic acid groups (broad SMARTS) is 1. The number of hydrogen-bond donors (Lipinski definition) is 4. The molecule has 4 aromatic rings. The largest absolute Gasteiger partial charge is 0.477 e. The van der Waals surface area contributed by atoms with Crippen LogP contribution in [0.2, 0.25) is 0 Å². The van der Waals surface area contributed by atoms with E-state index in [1.54, 1.807) is 11.5 Å².